The fraction of sp³-hybridized carbons (Fsp3) is 0.355. The summed E-state index contributed by atoms with van der Waals surface area (Å²) in [5.41, 5.74) is 3.08. The topological polar surface area (TPSA) is 58.6 Å². The third-order valence-corrected chi connectivity index (χ3v) is 6.66. The van der Waals surface area contributed by atoms with Crippen molar-refractivity contribution in [2.45, 2.75) is 64.6 Å². The van der Waals surface area contributed by atoms with Gasteiger partial charge in [0.05, 0.1) is 7.11 Å². The summed E-state index contributed by atoms with van der Waals surface area (Å²) >= 11 is 0. The molecule has 0 unspecified atom stereocenters. The van der Waals surface area contributed by atoms with E-state index in [1.807, 2.05) is 81.4 Å². The van der Waals surface area contributed by atoms with Gasteiger partial charge in [0.1, 0.15) is 11.8 Å². The second-order valence-electron chi connectivity index (χ2n) is 9.19. The van der Waals surface area contributed by atoms with Crippen LogP contribution < -0.4 is 10.1 Å². The highest BCUT2D eigenvalue weighted by molar-refractivity contribution is 5.88. The second kappa shape index (κ2) is 13.5. The Bertz CT molecular complexity index is 1060. The molecule has 0 saturated heterocycles. The Morgan fingerprint density at radius 2 is 1.47 bits per heavy atom. The number of methoxy groups -OCH3 is 1. The van der Waals surface area contributed by atoms with Crippen molar-refractivity contribution in [3.63, 3.8) is 0 Å². The number of carbonyl (C=O) groups is 2. The highest BCUT2D eigenvalue weighted by Gasteiger charge is 2.31. The van der Waals surface area contributed by atoms with Crippen molar-refractivity contribution in [2.75, 3.05) is 7.11 Å². The van der Waals surface area contributed by atoms with Gasteiger partial charge in [-0.2, -0.15) is 0 Å². The first kappa shape index (κ1) is 27.0. The molecule has 36 heavy (non-hydrogen) atoms. The standard InChI is InChI=1S/C31H38N2O3/c1-5-23(3)32-31(35)29(6-2)33(22-24-14-13-19-27(20-24)36-4)30(34)21-28(25-15-9-7-10-16-25)26-17-11-8-12-18-26/h7-20,23,28-29H,5-6,21-22H2,1-4H3,(H,32,35)/t23-,29+/m1/s1. The number of benzene rings is 3. The van der Waals surface area contributed by atoms with Crippen LogP contribution in [0.5, 0.6) is 5.75 Å². The average molecular weight is 487 g/mol. The van der Waals surface area contributed by atoms with E-state index in [2.05, 4.69) is 29.6 Å². The molecule has 0 aliphatic heterocycles. The Labute approximate surface area is 215 Å². The minimum atomic E-state index is -0.565. The van der Waals surface area contributed by atoms with E-state index < -0.39 is 6.04 Å². The van der Waals surface area contributed by atoms with E-state index in [0.717, 1.165) is 28.9 Å². The average Bonchev–Trinajstić information content (AvgIpc) is 2.92. The lowest BCUT2D eigenvalue weighted by atomic mass is 9.88. The van der Waals surface area contributed by atoms with Crippen molar-refractivity contribution >= 4 is 11.8 Å². The molecule has 5 heteroatoms. The van der Waals surface area contributed by atoms with Gasteiger partial charge in [0.15, 0.2) is 0 Å². The van der Waals surface area contributed by atoms with E-state index in [9.17, 15) is 9.59 Å². The van der Waals surface area contributed by atoms with Crippen LogP contribution in [0.4, 0.5) is 0 Å². The predicted octanol–water partition coefficient (Wildman–Crippen LogP) is 5.94. The number of amides is 2. The first-order chi connectivity index (χ1) is 17.5. The molecule has 0 radical (unpaired) electrons. The lowest BCUT2D eigenvalue weighted by molar-refractivity contribution is -0.141. The van der Waals surface area contributed by atoms with E-state index in [0.29, 0.717) is 13.0 Å². The number of hydrogen-bond donors (Lipinski definition) is 1. The van der Waals surface area contributed by atoms with Crippen LogP contribution in [-0.4, -0.2) is 35.9 Å². The molecule has 0 bridgehead atoms. The summed E-state index contributed by atoms with van der Waals surface area (Å²) in [5.74, 6) is 0.451. The van der Waals surface area contributed by atoms with Gasteiger partial charge in [-0.15, -0.1) is 0 Å². The SMILES string of the molecule is CC[C@@H](C)NC(=O)[C@H](CC)N(Cc1cccc(OC)c1)C(=O)CC(c1ccccc1)c1ccccc1. The van der Waals surface area contributed by atoms with Crippen molar-refractivity contribution < 1.29 is 14.3 Å². The Morgan fingerprint density at radius 3 is 2.00 bits per heavy atom. The van der Waals surface area contributed by atoms with Crippen LogP contribution in [0.2, 0.25) is 0 Å². The fourth-order valence-electron chi connectivity index (χ4n) is 4.42. The van der Waals surface area contributed by atoms with Gasteiger partial charge >= 0.3 is 0 Å². The molecule has 0 saturated carbocycles. The molecule has 0 aliphatic rings. The molecule has 190 valence electrons. The van der Waals surface area contributed by atoms with Gasteiger partial charge in [-0.25, -0.2) is 0 Å². The van der Waals surface area contributed by atoms with Crippen molar-refractivity contribution in [3.05, 3.63) is 102 Å². The molecule has 3 aromatic rings. The van der Waals surface area contributed by atoms with Gasteiger partial charge in [-0.1, -0.05) is 86.6 Å². The molecule has 3 aromatic carbocycles. The summed E-state index contributed by atoms with van der Waals surface area (Å²) in [6, 6.07) is 27.3. The molecule has 1 N–H and O–H groups in total. The van der Waals surface area contributed by atoms with Crippen LogP contribution in [0.3, 0.4) is 0 Å². The van der Waals surface area contributed by atoms with E-state index in [1.165, 1.54) is 0 Å². The van der Waals surface area contributed by atoms with Gasteiger partial charge in [0.2, 0.25) is 11.8 Å². The fourth-order valence-corrected chi connectivity index (χ4v) is 4.42. The van der Waals surface area contributed by atoms with E-state index in [-0.39, 0.29) is 30.2 Å². The van der Waals surface area contributed by atoms with Crippen LogP contribution >= 0.6 is 0 Å². The van der Waals surface area contributed by atoms with Crippen molar-refractivity contribution in [1.82, 2.24) is 10.2 Å². The van der Waals surface area contributed by atoms with Gasteiger partial charge in [-0.05, 0) is 48.6 Å². The van der Waals surface area contributed by atoms with E-state index >= 15 is 0 Å². The maximum atomic E-state index is 14.0. The molecular formula is C31H38N2O3. The number of carbonyl (C=O) groups excluding carboxylic acids is 2. The molecule has 0 heterocycles. The highest BCUT2D eigenvalue weighted by atomic mass is 16.5. The second-order valence-corrected chi connectivity index (χ2v) is 9.19. The van der Waals surface area contributed by atoms with Gasteiger partial charge < -0.3 is 15.0 Å². The highest BCUT2D eigenvalue weighted by Crippen LogP contribution is 2.30. The van der Waals surface area contributed by atoms with Crippen LogP contribution in [0.1, 0.15) is 62.6 Å². The zero-order valence-electron chi connectivity index (χ0n) is 21.8. The Morgan fingerprint density at radius 1 is 0.861 bits per heavy atom. The first-order valence-corrected chi connectivity index (χ1v) is 12.8. The lowest BCUT2D eigenvalue weighted by Crippen LogP contribution is -2.51. The van der Waals surface area contributed by atoms with Gasteiger partial charge in [0, 0.05) is 24.9 Å². The molecular weight excluding hydrogens is 448 g/mol. The minimum absolute atomic E-state index is 0.0432. The van der Waals surface area contributed by atoms with Crippen LogP contribution in [0, 0.1) is 0 Å². The summed E-state index contributed by atoms with van der Waals surface area (Å²) in [6.07, 6.45) is 1.63. The van der Waals surface area contributed by atoms with E-state index in [4.69, 9.17) is 4.74 Å². The van der Waals surface area contributed by atoms with Crippen LogP contribution in [0.25, 0.3) is 0 Å². The summed E-state index contributed by atoms with van der Waals surface area (Å²) in [6.45, 7) is 6.31. The first-order valence-electron chi connectivity index (χ1n) is 12.8. The zero-order valence-corrected chi connectivity index (χ0v) is 21.8. The number of nitrogens with zero attached hydrogens (tertiary/aromatic N) is 1. The predicted molar refractivity (Wildman–Crippen MR) is 145 cm³/mol. The van der Waals surface area contributed by atoms with Crippen molar-refractivity contribution in [2.24, 2.45) is 0 Å². The Balaban J connectivity index is 1.96. The lowest BCUT2D eigenvalue weighted by Gasteiger charge is -2.33. The van der Waals surface area contributed by atoms with Gasteiger partial charge in [0.25, 0.3) is 0 Å². The third-order valence-electron chi connectivity index (χ3n) is 6.66. The molecule has 5 nitrogen and oxygen atoms in total. The molecule has 2 atom stereocenters. The van der Waals surface area contributed by atoms with Crippen molar-refractivity contribution in [3.8, 4) is 5.75 Å². The van der Waals surface area contributed by atoms with Crippen LogP contribution in [-0.2, 0) is 16.1 Å². The quantitative estimate of drug-likeness (QED) is 0.345. The normalized spacial score (nSPS) is 12.6. The monoisotopic (exact) mass is 486 g/mol. The molecule has 0 spiro atoms. The third kappa shape index (κ3) is 7.20. The summed E-state index contributed by atoms with van der Waals surface area (Å²) in [7, 11) is 1.63. The largest absolute Gasteiger partial charge is 0.497 e. The maximum absolute atomic E-state index is 14.0. The molecule has 0 fully saturated rings. The maximum Gasteiger partial charge on any atom is 0.243 e. The molecule has 2 amide bonds. The number of rotatable bonds is 12. The number of hydrogen-bond acceptors (Lipinski definition) is 3. The van der Waals surface area contributed by atoms with Gasteiger partial charge in [-0.3, -0.25) is 9.59 Å². The van der Waals surface area contributed by atoms with Crippen molar-refractivity contribution in [1.29, 1.82) is 0 Å². The Kier molecular flexibility index (Phi) is 10.1. The molecule has 0 aliphatic carbocycles. The summed E-state index contributed by atoms with van der Waals surface area (Å²) < 4.78 is 5.40. The molecule has 0 aromatic heterocycles. The smallest absolute Gasteiger partial charge is 0.243 e. The number of nitrogens with one attached hydrogen (secondary N) is 1. The summed E-state index contributed by atoms with van der Waals surface area (Å²) in [5, 5.41) is 3.08. The molecule has 3 rings (SSSR count). The zero-order chi connectivity index (χ0) is 25.9. The van der Waals surface area contributed by atoms with Crippen LogP contribution in [0.15, 0.2) is 84.9 Å². The number of ether oxygens (including phenoxy) is 1. The summed E-state index contributed by atoms with van der Waals surface area (Å²) in [4.78, 5) is 29.1. The Hall–Kier alpha value is -3.60. The van der Waals surface area contributed by atoms with E-state index in [1.54, 1.807) is 12.0 Å². The minimum Gasteiger partial charge on any atom is -0.497 e.